The molecular weight excluding hydrogens is 302 g/mol. The zero-order valence-electron chi connectivity index (χ0n) is 13.4. The van der Waals surface area contributed by atoms with E-state index in [4.69, 9.17) is 0 Å². The number of aromatic amines is 1. The lowest BCUT2D eigenvalue weighted by atomic mass is 10.1. The van der Waals surface area contributed by atoms with Gasteiger partial charge in [0.1, 0.15) is 6.33 Å². The number of nitrogens with one attached hydrogen (secondary N) is 3. The van der Waals surface area contributed by atoms with Gasteiger partial charge in [-0.15, -0.1) is 0 Å². The average Bonchev–Trinajstić information content (AvgIpc) is 3.15. The minimum atomic E-state index is -0.113. The molecule has 0 saturated heterocycles. The summed E-state index contributed by atoms with van der Waals surface area (Å²) >= 11 is 0. The number of H-pyrrole nitrogens is 1. The largest absolute Gasteiger partial charge is 0.381 e. The maximum atomic E-state index is 12.3. The predicted octanol–water partition coefficient (Wildman–Crippen LogP) is 2.70. The van der Waals surface area contributed by atoms with Gasteiger partial charge in [0.05, 0.1) is 0 Å². The van der Waals surface area contributed by atoms with Gasteiger partial charge in [0.25, 0.3) is 5.91 Å². The smallest absolute Gasteiger partial charge is 0.251 e. The van der Waals surface area contributed by atoms with E-state index in [1.54, 1.807) is 12.1 Å². The Bertz CT molecular complexity index is 786. The van der Waals surface area contributed by atoms with Crippen LogP contribution in [0.15, 0.2) is 60.9 Å². The molecule has 0 bridgehead atoms. The lowest BCUT2D eigenvalue weighted by Crippen LogP contribution is -2.34. The normalized spacial score (nSPS) is 11.7. The first-order valence-electron chi connectivity index (χ1n) is 7.78. The van der Waals surface area contributed by atoms with Crippen molar-refractivity contribution in [2.24, 2.45) is 0 Å². The zero-order valence-corrected chi connectivity index (χ0v) is 13.4. The van der Waals surface area contributed by atoms with Gasteiger partial charge < -0.3 is 10.6 Å². The molecule has 6 nitrogen and oxygen atoms in total. The van der Waals surface area contributed by atoms with Crippen molar-refractivity contribution in [2.45, 2.75) is 13.0 Å². The summed E-state index contributed by atoms with van der Waals surface area (Å²) in [5, 5.41) is 12.9. The molecule has 3 N–H and O–H groups in total. The van der Waals surface area contributed by atoms with Gasteiger partial charge in [-0.1, -0.05) is 30.3 Å². The van der Waals surface area contributed by atoms with E-state index in [2.05, 4.69) is 25.8 Å². The molecule has 122 valence electrons. The van der Waals surface area contributed by atoms with Crippen LogP contribution in [0, 0.1) is 0 Å². The van der Waals surface area contributed by atoms with Crippen LogP contribution < -0.4 is 10.6 Å². The van der Waals surface area contributed by atoms with Gasteiger partial charge in [0.15, 0.2) is 5.82 Å². The molecule has 0 saturated carbocycles. The first-order valence-corrected chi connectivity index (χ1v) is 7.78. The number of benzene rings is 2. The minimum absolute atomic E-state index is 0.113. The van der Waals surface area contributed by atoms with Crippen molar-refractivity contribution in [3.63, 3.8) is 0 Å². The average molecular weight is 321 g/mol. The summed E-state index contributed by atoms with van der Waals surface area (Å²) in [4.78, 5) is 16.4. The number of hydrogen-bond acceptors (Lipinski definition) is 4. The maximum absolute atomic E-state index is 12.3. The first kappa shape index (κ1) is 15.7. The van der Waals surface area contributed by atoms with Crippen molar-refractivity contribution in [2.75, 3.05) is 11.9 Å². The topological polar surface area (TPSA) is 82.7 Å². The van der Waals surface area contributed by atoms with Crippen LogP contribution in [0.5, 0.6) is 0 Å². The molecule has 1 aromatic heterocycles. The quantitative estimate of drug-likeness (QED) is 0.652. The Balaban J connectivity index is 1.58. The summed E-state index contributed by atoms with van der Waals surface area (Å²) in [5.74, 6) is 0.529. The molecule has 0 fully saturated rings. The number of carbonyl (C=O) groups is 1. The highest BCUT2D eigenvalue weighted by Crippen LogP contribution is 2.15. The fraction of sp³-hybridized carbons (Fsp3) is 0.167. The zero-order chi connectivity index (χ0) is 16.8. The summed E-state index contributed by atoms with van der Waals surface area (Å²) in [7, 11) is 0. The molecule has 0 aliphatic rings. The van der Waals surface area contributed by atoms with E-state index < -0.39 is 0 Å². The fourth-order valence-corrected chi connectivity index (χ4v) is 2.37. The Hall–Kier alpha value is -3.15. The van der Waals surface area contributed by atoms with Gasteiger partial charge in [-0.3, -0.25) is 9.89 Å². The van der Waals surface area contributed by atoms with E-state index in [-0.39, 0.29) is 11.9 Å². The van der Waals surface area contributed by atoms with Crippen molar-refractivity contribution in [3.8, 4) is 11.4 Å². The Kier molecular flexibility index (Phi) is 4.86. The molecule has 2 aromatic carbocycles. The molecule has 3 rings (SSSR count). The van der Waals surface area contributed by atoms with Gasteiger partial charge in [-0.05, 0) is 31.2 Å². The molecular formula is C18H19N5O. The standard InChI is InChI=1S/C18H19N5O/c1-13(22-16-8-3-2-4-9-16)11-19-18(24)15-7-5-6-14(10-15)17-20-12-21-23-17/h2-10,12-13,22H,11H2,1H3,(H,19,24)(H,20,21,23)/t13-/m0/s1. The van der Waals surface area contributed by atoms with Gasteiger partial charge in [-0.2, -0.15) is 5.10 Å². The molecule has 0 spiro atoms. The van der Waals surface area contributed by atoms with Crippen molar-refractivity contribution in [1.29, 1.82) is 0 Å². The molecule has 0 radical (unpaired) electrons. The second kappa shape index (κ2) is 7.41. The Morgan fingerprint density at radius 2 is 2.00 bits per heavy atom. The number of rotatable bonds is 6. The first-order chi connectivity index (χ1) is 11.7. The molecule has 0 aliphatic carbocycles. The van der Waals surface area contributed by atoms with E-state index in [1.807, 2.05) is 49.4 Å². The van der Waals surface area contributed by atoms with E-state index in [0.29, 0.717) is 17.9 Å². The molecule has 1 amide bonds. The molecule has 0 unspecified atom stereocenters. The third-order valence-corrected chi connectivity index (χ3v) is 3.57. The number of aromatic nitrogens is 3. The fourth-order valence-electron chi connectivity index (χ4n) is 2.37. The number of anilines is 1. The minimum Gasteiger partial charge on any atom is -0.381 e. The second-order valence-electron chi connectivity index (χ2n) is 5.54. The van der Waals surface area contributed by atoms with Crippen LogP contribution in [-0.4, -0.2) is 33.7 Å². The van der Waals surface area contributed by atoms with Crippen molar-refractivity contribution < 1.29 is 4.79 Å². The van der Waals surface area contributed by atoms with Gasteiger partial charge in [0.2, 0.25) is 0 Å². The highest BCUT2D eigenvalue weighted by molar-refractivity contribution is 5.95. The van der Waals surface area contributed by atoms with E-state index in [0.717, 1.165) is 11.3 Å². The molecule has 0 aliphatic heterocycles. The molecule has 1 heterocycles. The van der Waals surface area contributed by atoms with E-state index in [1.165, 1.54) is 6.33 Å². The molecule has 1 atom stereocenters. The maximum Gasteiger partial charge on any atom is 0.251 e. The Morgan fingerprint density at radius 1 is 1.17 bits per heavy atom. The summed E-state index contributed by atoms with van der Waals surface area (Å²) in [6, 6.07) is 17.3. The molecule has 6 heteroatoms. The number of hydrogen-bond donors (Lipinski definition) is 3. The van der Waals surface area contributed by atoms with Crippen LogP contribution in [0.25, 0.3) is 11.4 Å². The van der Waals surface area contributed by atoms with Crippen LogP contribution >= 0.6 is 0 Å². The Labute approximate surface area is 140 Å². The van der Waals surface area contributed by atoms with Gasteiger partial charge >= 0.3 is 0 Å². The van der Waals surface area contributed by atoms with Gasteiger partial charge in [-0.25, -0.2) is 4.98 Å². The number of amides is 1. The Morgan fingerprint density at radius 3 is 2.75 bits per heavy atom. The van der Waals surface area contributed by atoms with Gasteiger partial charge in [0, 0.05) is 29.4 Å². The van der Waals surface area contributed by atoms with E-state index >= 15 is 0 Å². The lowest BCUT2D eigenvalue weighted by Gasteiger charge is -2.16. The number of para-hydroxylation sites is 1. The summed E-state index contributed by atoms with van der Waals surface area (Å²) in [6.45, 7) is 2.55. The monoisotopic (exact) mass is 321 g/mol. The third kappa shape index (κ3) is 3.98. The van der Waals surface area contributed by atoms with Crippen LogP contribution in [0.3, 0.4) is 0 Å². The highest BCUT2D eigenvalue weighted by atomic mass is 16.1. The van der Waals surface area contributed by atoms with Crippen molar-refractivity contribution in [1.82, 2.24) is 20.5 Å². The van der Waals surface area contributed by atoms with Crippen LogP contribution in [0.1, 0.15) is 17.3 Å². The van der Waals surface area contributed by atoms with E-state index in [9.17, 15) is 4.79 Å². The van der Waals surface area contributed by atoms with Crippen LogP contribution in [-0.2, 0) is 0 Å². The summed E-state index contributed by atoms with van der Waals surface area (Å²) in [6.07, 6.45) is 1.44. The van der Waals surface area contributed by atoms with Crippen molar-refractivity contribution >= 4 is 11.6 Å². The molecule has 24 heavy (non-hydrogen) atoms. The van der Waals surface area contributed by atoms with Crippen LogP contribution in [0.2, 0.25) is 0 Å². The van der Waals surface area contributed by atoms with Crippen molar-refractivity contribution in [3.05, 3.63) is 66.5 Å². The SMILES string of the molecule is C[C@@H](CNC(=O)c1cccc(-c2ncn[nH]2)c1)Nc1ccccc1. The molecule has 3 aromatic rings. The lowest BCUT2D eigenvalue weighted by molar-refractivity contribution is 0.0952. The summed E-state index contributed by atoms with van der Waals surface area (Å²) in [5.41, 5.74) is 2.46. The summed E-state index contributed by atoms with van der Waals surface area (Å²) < 4.78 is 0. The second-order valence-corrected chi connectivity index (χ2v) is 5.54. The van der Waals surface area contributed by atoms with Crippen LogP contribution in [0.4, 0.5) is 5.69 Å². The highest BCUT2D eigenvalue weighted by Gasteiger charge is 2.10. The number of carbonyl (C=O) groups excluding carboxylic acids is 1. The third-order valence-electron chi connectivity index (χ3n) is 3.57. The number of nitrogens with zero attached hydrogens (tertiary/aromatic N) is 2. The predicted molar refractivity (Wildman–Crippen MR) is 93.7 cm³/mol.